The molecular weight excluding hydrogens is 362 g/mol. The van der Waals surface area contributed by atoms with Crippen molar-refractivity contribution in [1.29, 1.82) is 0 Å². The van der Waals surface area contributed by atoms with Gasteiger partial charge in [0.25, 0.3) is 5.91 Å². The molecule has 140 valence electrons. The molecule has 8 heteroatoms. The quantitative estimate of drug-likeness (QED) is 0.831. The van der Waals surface area contributed by atoms with Gasteiger partial charge in [0.1, 0.15) is 11.6 Å². The highest BCUT2D eigenvalue weighted by molar-refractivity contribution is 7.89. The maximum Gasteiger partial charge on any atom is 0.258 e. The van der Waals surface area contributed by atoms with Gasteiger partial charge in [-0.25, -0.2) is 17.2 Å². The number of carbonyl (C=O) groups excluding carboxylic acids is 1. The van der Waals surface area contributed by atoms with Crippen molar-refractivity contribution in [3.63, 3.8) is 0 Å². The van der Waals surface area contributed by atoms with Crippen LogP contribution in [0.15, 0.2) is 41.3 Å². The fourth-order valence-electron chi connectivity index (χ4n) is 2.42. The Bertz CT molecular complexity index is 926. The zero-order valence-electron chi connectivity index (χ0n) is 14.7. The Labute approximate surface area is 151 Å². The number of nitrogens with one attached hydrogen (secondary N) is 1. The van der Waals surface area contributed by atoms with Gasteiger partial charge in [-0.15, -0.1) is 0 Å². The number of halogens is 2. The lowest BCUT2D eigenvalue weighted by Gasteiger charge is -2.19. The molecule has 0 fully saturated rings. The van der Waals surface area contributed by atoms with Crippen LogP contribution in [0.2, 0.25) is 0 Å². The van der Waals surface area contributed by atoms with E-state index in [-0.39, 0.29) is 23.7 Å². The van der Waals surface area contributed by atoms with Crippen molar-refractivity contribution in [3.05, 3.63) is 59.2 Å². The van der Waals surface area contributed by atoms with Crippen LogP contribution in [-0.4, -0.2) is 31.7 Å². The van der Waals surface area contributed by atoms with Gasteiger partial charge in [-0.2, -0.15) is 4.31 Å². The molecule has 0 saturated heterocycles. The molecule has 0 unspecified atom stereocenters. The lowest BCUT2D eigenvalue weighted by Crippen LogP contribution is -2.31. The number of hydrogen-bond donors (Lipinski definition) is 1. The smallest absolute Gasteiger partial charge is 0.258 e. The second kappa shape index (κ2) is 7.92. The Hall–Kier alpha value is -2.32. The molecule has 1 N–H and O–H groups in total. The van der Waals surface area contributed by atoms with E-state index in [2.05, 4.69) is 5.32 Å². The fourth-order valence-corrected chi connectivity index (χ4v) is 3.91. The van der Waals surface area contributed by atoms with Crippen LogP contribution in [0.3, 0.4) is 0 Å². The summed E-state index contributed by atoms with van der Waals surface area (Å²) >= 11 is 0. The molecule has 0 radical (unpaired) electrons. The highest BCUT2D eigenvalue weighted by atomic mass is 32.2. The number of amides is 1. The highest BCUT2D eigenvalue weighted by Gasteiger charge is 2.24. The van der Waals surface area contributed by atoms with Crippen molar-refractivity contribution in [2.45, 2.75) is 25.7 Å². The molecule has 1 amide bonds. The molecule has 0 aliphatic rings. The van der Waals surface area contributed by atoms with E-state index in [9.17, 15) is 22.0 Å². The van der Waals surface area contributed by atoms with Crippen LogP contribution in [-0.2, 0) is 10.0 Å². The molecule has 0 aliphatic heterocycles. The lowest BCUT2D eigenvalue weighted by molar-refractivity contribution is 0.102. The minimum absolute atomic E-state index is 0.148. The summed E-state index contributed by atoms with van der Waals surface area (Å²) in [6.07, 6.45) is 0. The summed E-state index contributed by atoms with van der Waals surface area (Å²) in [5, 5.41) is 2.38. The van der Waals surface area contributed by atoms with Gasteiger partial charge in [-0.3, -0.25) is 4.79 Å². The van der Waals surface area contributed by atoms with Gasteiger partial charge in [0.15, 0.2) is 0 Å². The van der Waals surface area contributed by atoms with Gasteiger partial charge in [-0.05, 0) is 42.8 Å². The topological polar surface area (TPSA) is 66.5 Å². The Morgan fingerprint density at radius 2 is 1.69 bits per heavy atom. The molecule has 0 saturated carbocycles. The molecule has 26 heavy (non-hydrogen) atoms. The van der Waals surface area contributed by atoms with Crippen molar-refractivity contribution in [1.82, 2.24) is 4.31 Å². The van der Waals surface area contributed by atoms with Crippen LogP contribution < -0.4 is 5.32 Å². The van der Waals surface area contributed by atoms with E-state index in [1.807, 2.05) is 0 Å². The monoisotopic (exact) mass is 382 g/mol. The van der Waals surface area contributed by atoms with E-state index < -0.39 is 33.1 Å². The van der Waals surface area contributed by atoms with Crippen LogP contribution in [0.5, 0.6) is 0 Å². The molecular formula is C18H20F2N2O3S. The second-order valence-electron chi connectivity index (χ2n) is 5.65. The normalized spacial score (nSPS) is 11.6. The van der Waals surface area contributed by atoms with Crippen molar-refractivity contribution < 1.29 is 22.0 Å². The van der Waals surface area contributed by atoms with E-state index in [0.717, 1.165) is 24.3 Å². The number of aryl methyl sites for hydroxylation is 1. The molecule has 0 bridgehead atoms. The molecule has 0 spiro atoms. The number of carbonyl (C=O) groups is 1. The zero-order valence-corrected chi connectivity index (χ0v) is 15.5. The highest BCUT2D eigenvalue weighted by Crippen LogP contribution is 2.21. The minimum Gasteiger partial charge on any atom is -0.322 e. The number of rotatable bonds is 6. The second-order valence-corrected chi connectivity index (χ2v) is 7.59. The number of benzene rings is 2. The van der Waals surface area contributed by atoms with Crippen molar-refractivity contribution in [3.8, 4) is 0 Å². The van der Waals surface area contributed by atoms with Crippen molar-refractivity contribution in [2.75, 3.05) is 18.4 Å². The average molecular weight is 382 g/mol. The molecule has 0 aromatic heterocycles. The Kier molecular flexibility index (Phi) is 6.09. The van der Waals surface area contributed by atoms with E-state index in [4.69, 9.17) is 0 Å². The molecule has 0 atom stereocenters. The predicted molar refractivity (Wildman–Crippen MR) is 95.6 cm³/mol. The number of hydrogen-bond acceptors (Lipinski definition) is 3. The molecule has 0 heterocycles. The maximum atomic E-state index is 14.1. The van der Waals surface area contributed by atoms with E-state index in [1.54, 1.807) is 20.8 Å². The third-order valence-corrected chi connectivity index (χ3v) is 6.00. The number of sulfonamides is 1. The van der Waals surface area contributed by atoms with Crippen LogP contribution in [0.1, 0.15) is 29.8 Å². The van der Waals surface area contributed by atoms with E-state index >= 15 is 0 Å². The fraction of sp³-hybridized carbons (Fsp3) is 0.278. The van der Waals surface area contributed by atoms with Gasteiger partial charge in [0.2, 0.25) is 10.0 Å². The van der Waals surface area contributed by atoms with E-state index in [1.165, 1.54) is 16.4 Å². The molecule has 5 nitrogen and oxygen atoms in total. The molecule has 0 aliphatic carbocycles. The van der Waals surface area contributed by atoms with Gasteiger partial charge < -0.3 is 5.32 Å². The van der Waals surface area contributed by atoms with Gasteiger partial charge in [-0.1, -0.05) is 19.9 Å². The summed E-state index contributed by atoms with van der Waals surface area (Å²) in [4.78, 5) is 12.2. The average Bonchev–Trinajstić information content (AvgIpc) is 2.59. The number of anilines is 1. The summed E-state index contributed by atoms with van der Waals surface area (Å²) in [5.74, 6) is -2.24. The first-order valence-electron chi connectivity index (χ1n) is 8.07. The lowest BCUT2D eigenvalue weighted by atomic mass is 10.1. The zero-order chi connectivity index (χ0) is 19.5. The number of nitrogens with zero attached hydrogens (tertiary/aromatic N) is 1. The van der Waals surface area contributed by atoms with Crippen molar-refractivity contribution >= 4 is 21.6 Å². The summed E-state index contributed by atoms with van der Waals surface area (Å²) in [5.41, 5.74) is 0.121. The van der Waals surface area contributed by atoms with Crippen LogP contribution in [0.4, 0.5) is 14.5 Å². The third kappa shape index (κ3) is 4.08. The van der Waals surface area contributed by atoms with Crippen LogP contribution >= 0.6 is 0 Å². The van der Waals surface area contributed by atoms with Gasteiger partial charge in [0.05, 0.1) is 10.5 Å². The van der Waals surface area contributed by atoms with Gasteiger partial charge in [0, 0.05) is 18.8 Å². The Balaban J connectivity index is 2.37. The standard InChI is InChI=1S/C18H20F2N2O3S/c1-4-22(5-2)26(24,25)14-8-9-16(19)15(11-14)18(23)21-13-7-6-12(3)17(20)10-13/h6-11H,4-5H2,1-3H3,(H,21,23). The van der Waals surface area contributed by atoms with Crippen LogP contribution in [0.25, 0.3) is 0 Å². The summed E-state index contributed by atoms with van der Waals surface area (Å²) in [6, 6.07) is 7.10. The SMILES string of the molecule is CCN(CC)S(=O)(=O)c1ccc(F)c(C(=O)Nc2ccc(C)c(F)c2)c1. The van der Waals surface area contributed by atoms with Crippen molar-refractivity contribution in [2.24, 2.45) is 0 Å². The summed E-state index contributed by atoms with van der Waals surface area (Å²) in [7, 11) is -3.83. The molecule has 2 aromatic carbocycles. The molecule has 2 rings (SSSR count). The first-order chi connectivity index (χ1) is 12.2. The van der Waals surface area contributed by atoms with Crippen LogP contribution in [0, 0.1) is 18.6 Å². The molecule has 2 aromatic rings. The maximum absolute atomic E-state index is 14.1. The third-order valence-electron chi connectivity index (χ3n) is 3.96. The Morgan fingerprint density at radius 1 is 1.04 bits per heavy atom. The summed E-state index contributed by atoms with van der Waals surface area (Å²) < 4.78 is 54.0. The summed E-state index contributed by atoms with van der Waals surface area (Å²) in [6.45, 7) is 5.44. The minimum atomic E-state index is -3.83. The first-order valence-corrected chi connectivity index (χ1v) is 9.51. The predicted octanol–water partition coefficient (Wildman–Crippen LogP) is 3.56. The largest absolute Gasteiger partial charge is 0.322 e. The first kappa shape index (κ1) is 20.0. The Morgan fingerprint density at radius 3 is 2.27 bits per heavy atom. The van der Waals surface area contributed by atoms with Gasteiger partial charge >= 0.3 is 0 Å². The van der Waals surface area contributed by atoms with E-state index in [0.29, 0.717) is 5.56 Å².